The van der Waals surface area contributed by atoms with Crippen LogP contribution in [-0.4, -0.2) is 44.4 Å². The fourth-order valence-electron chi connectivity index (χ4n) is 2.36. The molecule has 0 heterocycles. The molecule has 1 amide bonds. The number of anilines is 1. The number of rotatable bonds is 10. The maximum atomic E-state index is 12.3. The Bertz CT molecular complexity index is 1020. The maximum Gasteiger partial charge on any atom is 0.277 e. The minimum atomic E-state index is -3.74. The molecule has 0 unspecified atom stereocenters. The van der Waals surface area contributed by atoms with Crippen molar-refractivity contribution in [1.82, 2.24) is 4.72 Å². The number of nitro benzene ring substituents is 2. The summed E-state index contributed by atoms with van der Waals surface area (Å²) in [4.78, 5) is 32.5. The van der Waals surface area contributed by atoms with Gasteiger partial charge >= 0.3 is 0 Å². The lowest BCUT2D eigenvalue weighted by Gasteiger charge is -2.09. The normalized spacial score (nSPS) is 11.1. The molecule has 2 aromatic rings. The third-order valence-electron chi connectivity index (χ3n) is 3.83. The van der Waals surface area contributed by atoms with E-state index < -0.39 is 37.2 Å². The molecule has 2 aromatic carbocycles. The van der Waals surface area contributed by atoms with Crippen molar-refractivity contribution in [2.24, 2.45) is 0 Å². The van der Waals surface area contributed by atoms with Crippen LogP contribution < -0.4 is 10.0 Å². The van der Waals surface area contributed by atoms with Crippen LogP contribution >= 0.6 is 0 Å². The van der Waals surface area contributed by atoms with E-state index >= 15 is 0 Å². The number of ether oxygens (including phenoxy) is 1. The predicted octanol–water partition coefficient (Wildman–Crippen LogP) is 2.07. The zero-order valence-electron chi connectivity index (χ0n) is 15.7. The van der Waals surface area contributed by atoms with Gasteiger partial charge in [0.1, 0.15) is 0 Å². The number of methoxy groups -OCH3 is 1. The first kappa shape index (κ1) is 22.9. The first-order valence-electron chi connectivity index (χ1n) is 8.48. The summed E-state index contributed by atoms with van der Waals surface area (Å²) in [6, 6.07) is 7.75. The number of carbonyl (C=O) groups excluding carboxylic acids is 1. The van der Waals surface area contributed by atoms with E-state index in [1.807, 2.05) is 0 Å². The van der Waals surface area contributed by atoms with Crippen molar-refractivity contribution in [3.05, 3.63) is 68.3 Å². The van der Waals surface area contributed by atoms with Gasteiger partial charge in [-0.2, -0.15) is 0 Å². The second-order valence-electron chi connectivity index (χ2n) is 5.97. The molecule has 13 heteroatoms. The van der Waals surface area contributed by atoms with Gasteiger partial charge in [0.25, 0.3) is 17.3 Å². The number of benzene rings is 2. The SMILES string of the molecule is COCCCNS(=O)(=O)c1ccc(NC(=O)c2cc([N+](=O)[O-])cc([N+](=O)[O-])c2)cc1. The molecule has 0 saturated carbocycles. The van der Waals surface area contributed by atoms with Crippen molar-refractivity contribution in [3.8, 4) is 0 Å². The van der Waals surface area contributed by atoms with Crippen LogP contribution in [0.15, 0.2) is 47.4 Å². The van der Waals surface area contributed by atoms with Crippen LogP contribution in [0, 0.1) is 20.2 Å². The Hall–Kier alpha value is -3.42. The molecular weight excluding hydrogens is 420 g/mol. The molecular formula is C17H18N4O8S. The van der Waals surface area contributed by atoms with Gasteiger partial charge in [-0.15, -0.1) is 0 Å². The Balaban J connectivity index is 2.15. The summed E-state index contributed by atoms with van der Waals surface area (Å²) in [6.07, 6.45) is 0.499. The Labute approximate surface area is 171 Å². The summed E-state index contributed by atoms with van der Waals surface area (Å²) in [6.45, 7) is 0.601. The molecule has 2 rings (SSSR count). The van der Waals surface area contributed by atoms with Gasteiger partial charge in [-0.25, -0.2) is 13.1 Å². The highest BCUT2D eigenvalue weighted by molar-refractivity contribution is 7.89. The van der Waals surface area contributed by atoms with E-state index in [1.165, 1.54) is 31.4 Å². The van der Waals surface area contributed by atoms with E-state index in [-0.39, 0.29) is 22.7 Å². The predicted molar refractivity (Wildman–Crippen MR) is 106 cm³/mol. The number of amides is 1. The number of hydrogen-bond acceptors (Lipinski definition) is 8. The maximum absolute atomic E-state index is 12.3. The molecule has 0 aliphatic carbocycles. The van der Waals surface area contributed by atoms with Crippen LogP contribution in [0.25, 0.3) is 0 Å². The van der Waals surface area contributed by atoms with Gasteiger partial charge in [-0.3, -0.25) is 25.0 Å². The topological polar surface area (TPSA) is 171 Å². The van der Waals surface area contributed by atoms with Crippen LogP contribution in [0.2, 0.25) is 0 Å². The van der Waals surface area contributed by atoms with Crippen molar-refractivity contribution >= 4 is 33.0 Å². The summed E-state index contributed by atoms with van der Waals surface area (Å²) in [7, 11) is -2.23. The fourth-order valence-corrected chi connectivity index (χ4v) is 3.44. The van der Waals surface area contributed by atoms with Crippen molar-refractivity contribution in [2.75, 3.05) is 25.6 Å². The van der Waals surface area contributed by atoms with Gasteiger partial charge in [0.2, 0.25) is 10.0 Å². The molecule has 12 nitrogen and oxygen atoms in total. The number of nitrogens with one attached hydrogen (secondary N) is 2. The first-order valence-corrected chi connectivity index (χ1v) is 9.96. The van der Waals surface area contributed by atoms with Crippen LogP contribution in [0.3, 0.4) is 0 Å². The summed E-state index contributed by atoms with van der Waals surface area (Å²) in [5.74, 6) is -0.824. The van der Waals surface area contributed by atoms with E-state index in [0.717, 1.165) is 18.2 Å². The molecule has 2 N–H and O–H groups in total. The lowest BCUT2D eigenvalue weighted by molar-refractivity contribution is -0.394. The summed E-state index contributed by atoms with van der Waals surface area (Å²) < 4.78 is 31.6. The number of sulfonamides is 1. The molecule has 0 radical (unpaired) electrons. The Morgan fingerprint density at radius 1 is 1.03 bits per heavy atom. The Kier molecular flexibility index (Phi) is 7.52. The number of nitro groups is 2. The molecule has 0 fully saturated rings. The van der Waals surface area contributed by atoms with Gasteiger partial charge < -0.3 is 10.1 Å². The van der Waals surface area contributed by atoms with E-state index in [9.17, 15) is 33.4 Å². The van der Waals surface area contributed by atoms with Gasteiger partial charge in [0.05, 0.1) is 26.4 Å². The highest BCUT2D eigenvalue weighted by Crippen LogP contribution is 2.23. The quantitative estimate of drug-likeness (QED) is 0.322. The van der Waals surface area contributed by atoms with Crippen LogP contribution in [0.4, 0.5) is 17.1 Å². The standard InChI is InChI=1S/C17H18N4O8S/c1-29-8-2-7-18-30(27,28)16-5-3-13(4-6-16)19-17(22)12-9-14(20(23)24)11-15(10-12)21(25)26/h3-6,9-11,18H,2,7-8H2,1H3,(H,19,22). The molecule has 0 aliphatic heterocycles. The second kappa shape index (κ2) is 9.87. The number of non-ortho nitro benzene ring substituents is 2. The fraction of sp³-hybridized carbons (Fsp3) is 0.235. The Morgan fingerprint density at radius 2 is 1.60 bits per heavy atom. The lowest BCUT2D eigenvalue weighted by Crippen LogP contribution is -2.25. The monoisotopic (exact) mass is 438 g/mol. The Morgan fingerprint density at radius 3 is 2.10 bits per heavy atom. The van der Waals surface area contributed by atoms with E-state index in [0.29, 0.717) is 13.0 Å². The average Bonchev–Trinajstić information content (AvgIpc) is 2.71. The van der Waals surface area contributed by atoms with Crippen LogP contribution in [0.1, 0.15) is 16.8 Å². The molecule has 0 aliphatic rings. The molecule has 30 heavy (non-hydrogen) atoms. The van der Waals surface area contributed by atoms with Gasteiger partial charge in [-0.1, -0.05) is 0 Å². The molecule has 0 saturated heterocycles. The summed E-state index contributed by atoms with van der Waals surface area (Å²) in [5, 5.41) is 24.3. The van der Waals surface area contributed by atoms with Gasteiger partial charge in [0.15, 0.2) is 0 Å². The van der Waals surface area contributed by atoms with Crippen LogP contribution in [-0.2, 0) is 14.8 Å². The highest BCUT2D eigenvalue weighted by atomic mass is 32.2. The molecule has 0 bridgehead atoms. The zero-order chi connectivity index (χ0) is 22.3. The summed E-state index contributed by atoms with van der Waals surface area (Å²) in [5.41, 5.74) is -1.29. The second-order valence-corrected chi connectivity index (χ2v) is 7.74. The molecule has 0 spiro atoms. The number of carbonyl (C=O) groups is 1. The van der Waals surface area contributed by atoms with E-state index in [1.54, 1.807) is 0 Å². The van der Waals surface area contributed by atoms with Gasteiger partial charge in [-0.05, 0) is 30.7 Å². The average molecular weight is 438 g/mol. The van der Waals surface area contributed by atoms with E-state index in [4.69, 9.17) is 4.74 Å². The molecule has 160 valence electrons. The smallest absolute Gasteiger partial charge is 0.277 e. The molecule has 0 atom stereocenters. The molecule has 0 aromatic heterocycles. The number of nitrogens with zero attached hydrogens (tertiary/aromatic N) is 2. The largest absolute Gasteiger partial charge is 0.385 e. The number of hydrogen-bond donors (Lipinski definition) is 2. The highest BCUT2D eigenvalue weighted by Gasteiger charge is 2.20. The first-order chi connectivity index (χ1) is 14.1. The lowest BCUT2D eigenvalue weighted by atomic mass is 10.1. The summed E-state index contributed by atoms with van der Waals surface area (Å²) >= 11 is 0. The third kappa shape index (κ3) is 6.04. The minimum absolute atomic E-state index is 0.0242. The third-order valence-corrected chi connectivity index (χ3v) is 5.30. The van der Waals surface area contributed by atoms with E-state index in [2.05, 4.69) is 10.0 Å². The zero-order valence-corrected chi connectivity index (χ0v) is 16.5. The van der Waals surface area contributed by atoms with Crippen molar-refractivity contribution in [1.29, 1.82) is 0 Å². The minimum Gasteiger partial charge on any atom is -0.385 e. The van der Waals surface area contributed by atoms with Gasteiger partial charge in [0, 0.05) is 38.1 Å². The van der Waals surface area contributed by atoms with Crippen molar-refractivity contribution in [2.45, 2.75) is 11.3 Å². The van der Waals surface area contributed by atoms with Crippen molar-refractivity contribution in [3.63, 3.8) is 0 Å². The van der Waals surface area contributed by atoms with Crippen LogP contribution in [0.5, 0.6) is 0 Å². The van der Waals surface area contributed by atoms with Crippen molar-refractivity contribution < 1.29 is 27.8 Å².